The Labute approximate surface area is 102 Å². The maximum atomic E-state index is 10.8. The van der Waals surface area contributed by atoms with Crippen LogP contribution in [0.5, 0.6) is 5.75 Å². The molecule has 0 heterocycles. The minimum absolute atomic E-state index is 0.0726. The van der Waals surface area contributed by atoms with Crippen molar-refractivity contribution in [1.29, 1.82) is 0 Å². The predicted octanol–water partition coefficient (Wildman–Crippen LogP) is 3.00. The van der Waals surface area contributed by atoms with Crippen molar-refractivity contribution >= 4 is 5.97 Å². The second-order valence-corrected chi connectivity index (χ2v) is 4.89. The van der Waals surface area contributed by atoms with Gasteiger partial charge in [-0.15, -0.1) is 0 Å². The number of carboxylic acids is 1. The van der Waals surface area contributed by atoms with E-state index in [0.717, 1.165) is 0 Å². The Bertz CT molecular complexity index is 398. The molecule has 0 aliphatic carbocycles. The van der Waals surface area contributed by atoms with Crippen LogP contribution in [0.25, 0.3) is 0 Å². The lowest BCUT2D eigenvalue weighted by molar-refractivity contribution is -0.142. The lowest BCUT2D eigenvalue weighted by atomic mass is 9.87. The molecule has 17 heavy (non-hydrogen) atoms. The zero-order valence-corrected chi connectivity index (χ0v) is 10.4. The number of carbonyl (C=O) groups is 1. The summed E-state index contributed by atoms with van der Waals surface area (Å²) < 4.78 is 5.28. The molecule has 0 saturated heterocycles. The van der Waals surface area contributed by atoms with Crippen LogP contribution in [0, 0.1) is 0 Å². The van der Waals surface area contributed by atoms with E-state index in [1.54, 1.807) is 12.1 Å². The van der Waals surface area contributed by atoms with Gasteiger partial charge in [0, 0.05) is 0 Å². The molecule has 0 spiro atoms. The first-order valence-corrected chi connectivity index (χ1v) is 5.47. The summed E-state index contributed by atoms with van der Waals surface area (Å²) in [6.07, 6.45) is 0.260. The smallest absolute Gasteiger partial charge is 0.349 e. The van der Waals surface area contributed by atoms with Crippen molar-refractivity contribution < 1.29 is 14.6 Å². The highest BCUT2D eigenvalue weighted by Crippen LogP contribution is 2.24. The fourth-order valence-corrected chi connectivity index (χ4v) is 1.38. The van der Waals surface area contributed by atoms with Crippen LogP contribution >= 0.6 is 0 Å². The summed E-state index contributed by atoms with van der Waals surface area (Å²) >= 11 is 0. The van der Waals surface area contributed by atoms with E-state index in [1.807, 2.05) is 12.1 Å². The van der Waals surface area contributed by atoms with Gasteiger partial charge < -0.3 is 9.84 Å². The molecule has 1 rings (SSSR count). The number of hydrogen-bond donors (Lipinski definition) is 1. The summed E-state index contributed by atoms with van der Waals surface area (Å²) in [6, 6.07) is 7.44. The van der Waals surface area contributed by atoms with Gasteiger partial charge in [0.15, 0.2) is 0 Å². The normalized spacial score (nSPS) is 12.9. The van der Waals surface area contributed by atoms with Gasteiger partial charge in [0.2, 0.25) is 6.10 Å². The van der Waals surface area contributed by atoms with Crippen molar-refractivity contribution in [1.82, 2.24) is 0 Å². The molecule has 0 fully saturated rings. The molecular weight excluding hydrogens is 216 g/mol. The number of benzene rings is 1. The van der Waals surface area contributed by atoms with Crippen LogP contribution in [-0.2, 0) is 10.2 Å². The van der Waals surface area contributed by atoms with Gasteiger partial charge in [-0.1, -0.05) is 39.5 Å². The van der Waals surface area contributed by atoms with Gasteiger partial charge in [-0.3, -0.25) is 0 Å². The van der Waals surface area contributed by atoms with E-state index in [-0.39, 0.29) is 5.41 Å². The molecule has 0 saturated carbocycles. The van der Waals surface area contributed by atoms with Crippen LogP contribution in [0.4, 0.5) is 0 Å². The summed E-state index contributed by atoms with van der Waals surface area (Å²) in [6.45, 7) is 9.78. The van der Waals surface area contributed by atoms with Crippen molar-refractivity contribution in [3.8, 4) is 5.75 Å². The molecule has 0 radical (unpaired) electrons. The third-order valence-corrected chi connectivity index (χ3v) is 2.44. The highest BCUT2D eigenvalue weighted by atomic mass is 16.5. The fourth-order valence-electron chi connectivity index (χ4n) is 1.38. The first-order valence-electron chi connectivity index (χ1n) is 5.47. The average molecular weight is 234 g/mol. The minimum atomic E-state index is -1.04. The summed E-state index contributed by atoms with van der Waals surface area (Å²) in [5, 5.41) is 8.82. The molecule has 0 aliphatic rings. The van der Waals surface area contributed by atoms with Crippen LogP contribution in [-0.4, -0.2) is 17.2 Å². The largest absolute Gasteiger partial charge is 0.478 e. The zero-order valence-electron chi connectivity index (χ0n) is 10.4. The Kier molecular flexibility index (Phi) is 3.94. The van der Waals surface area contributed by atoms with Crippen LogP contribution in [0.15, 0.2) is 36.9 Å². The van der Waals surface area contributed by atoms with Crippen LogP contribution < -0.4 is 4.74 Å². The van der Waals surface area contributed by atoms with Gasteiger partial charge in [0.1, 0.15) is 5.75 Å². The summed E-state index contributed by atoms with van der Waals surface area (Å²) in [7, 11) is 0. The van der Waals surface area contributed by atoms with Crippen molar-refractivity contribution in [2.45, 2.75) is 32.3 Å². The molecule has 1 atom stereocenters. The number of rotatable bonds is 4. The monoisotopic (exact) mass is 234 g/mol. The predicted molar refractivity (Wildman–Crippen MR) is 67.4 cm³/mol. The van der Waals surface area contributed by atoms with Gasteiger partial charge in [-0.2, -0.15) is 0 Å². The highest BCUT2D eigenvalue weighted by molar-refractivity contribution is 5.74. The first kappa shape index (κ1) is 13.3. The van der Waals surface area contributed by atoms with Gasteiger partial charge in [0.05, 0.1) is 0 Å². The van der Waals surface area contributed by atoms with Gasteiger partial charge >= 0.3 is 5.97 Å². The molecule has 1 aromatic carbocycles. The first-order chi connectivity index (χ1) is 7.84. The molecule has 92 valence electrons. The molecular formula is C14H18O3. The number of hydrogen-bond acceptors (Lipinski definition) is 2. The number of aliphatic carboxylic acids is 1. The second kappa shape index (κ2) is 5.04. The fraction of sp³-hybridized carbons (Fsp3) is 0.357. The van der Waals surface area contributed by atoms with E-state index < -0.39 is 12.1 Å². The van der Waals surface area contributed by atoms with Crippen LogP contribution in [0.2, 0.25) is 0 Å². The molecule has 0 amide bonds. The molecule has 1 unspecified atom stereocenters. The van der Waals surface area contributed by atoms with Crippen LogP contribution in [0.1, 0.15) is 26.3 Å². The van der Waals surface area contributed by atoms with E-state index in [1.165, 1.54) is 11.6 Å². The van der Waals surface area contributed by atoms with E-state index in [4.69, 9.17) is 9.84 Å². The summed E-state index contributed by atoms with van der Waals surface area (Å²) in [5.74, 6) is -0.509. The van der Waals surface area contributed by atoms with Crippen molar-refractivity contribution in [2.75, 3.05) is 0 Å². The maximum absolute atomic E-state index is 10.8. The van der Waals surface area contributed by atoms with E-state index in [9.17, 15) is 4.79 Å². The maximum Gasteiger partial charge on any atom is 0.349 e. The number of carboxylic acid groups (broad SMARTS) is 1. The van der Waals surface area contributed by atoms with Crippen molar-refractivity contribution in [3.63, 3.8) is 0 Å². The van der Waals surface area contributed by atoms with Crippen molar-refractivity contribution in [3.05, 3.63) is 42.5 Å². The van der Waals surface area contributed by atoms with Crippen LogP contribution in [0.3, 0.4) is 0 Å². The molecule has 3 nitrogen and oxygen atoms in total. The average Bonchev–Trinajstić information content (AvgIpc) is 2.25. The lowest BCUT2D eigenvalue weighted by Crippen LogP contribution is -2.24. The molecule has 3 heteroatoms. The Morgan fingerprint density at radius 1 is 1.35 bits per heavy atom. The molecule has 0 aliphatic heterocycles. The zero-order chi connectivity index (χ0) is 13.1. The summed E-state index contributed by atoms with van der Waals surface area (Å²) in [4.78, 5) is 10.8. The minimum Gasteiger partial charge on any atom is -0.478 e. The Hall–Kier alpha value is -1.77. The molecule has 1 N–H and O–H groups in total. The van der Waals surface area contributed by atoms with Gasteiger partial charge in [-0.25, -0.2) is 4.79 Å². The summed E-state index contributed by atoms with van der Waals surface area (Å²) in [5.41, 5.74) is 1.25. The third-order valence-electron chi connectivity index (χ3n) is 2.44. The molecule has 1 aromatic rings. The Morgan fingerprint density at radius 3 is 2.24 bits per heavy atom. The lowest BCUT2D eigenvalue weighted by Gasteiger charge is -2.19. The molecule has 0 bridgehead atoms. The van der Waals surface area contributed by atoms with Gasteiger partial charge in [0.25, 0.3) is 0 Å². The number of ether oxygens (including phenoxy) is 1. The topological polar surface area (TPSA) is 46.5 Å². The van der Waals surface area contributed by atoms with Gasteiger partial charge in [-0.05, 0) is 29.2 Å². The van der Waals surface area contributed by atoms with Crippen molar-refractivity contribution in [2.24, 2.45) is 0 Å². The standard InChI is InChI=1S/C14H18O3/c1-5-12(13(15)16)17-11-8-6-10(7-9-11)14(2,3)4/h5-9,12H,1H2,2-4H3,(H,15,16). The van der Waals surface area contributed by atoms with E-state index >= 15 is 0 Å². The molecule has 0 aromatic heterocycles. The SMILES string of the molecule is C=CC(Oc1ccc(C(C)(C)C)cc1)C(=O)O. The Morgan fingerprint density at radius 2 is 1.88 bits per heavy atom. The second-order valence-electron chi connectivity index (χ2n) is 4.89. The van der Waals surface area contributed by atoms with E-state index in [2.05, 4.69) is 27.4 Å². The highest BCUT2D eigenvalue weighted by Gasteiger charge is 2.16. The quantitative estimate of drug-likeness (QED) is 0.814. The Balaban J connectivity index is 2.82. The third kappa shape index (κ3) is 3.63. The van der Waals surface area contributed by atoms with E-state index in [0.29, 0.717) is 5.75 Å².